The lowest BCUT2D eigenvalue weighted by Gasteiger charge is -2.29. The van der Waals surface area contributed by atoms with E-state index in [1.165, 1.54) is 16.9 Å². The number of ether oxygens (including phenoxy) is 1. The molecule has 1 aliphatic rings. The first-order valence-corrected chi connectivity index (χ1v) is 11.2. The summed E-state index contributed by atoms with van der Waals surface area (Å²) in [6.07, 6.45) is 0.777. The maximum absolute atomic E-state index is 12.5. The number of quaternary nitrogens is 2. The molecule has 8 heteroatoms. The smallest absolute Gasteiger partial charge is 0.328 e. The molecule has 0 saturated carbocycles. The van der Waals surface area contributed by atoms with Crippen molar-refractivity contribution < 1.29 is 28.9 Å². The first-order chi connectivity index (χ1) is 14.7. The third kappa shape index (κ3) is 7.33. The SMILES string of the molecule is CC[C@H](C)[C@@H](NC(=O)C[NH+]1CC[NH+](CC(=O)Nc2c(C)cccc2C)CC1)C(=O)OC. The summed E-state index contributed by atoms with van der Waals surface area (Å²) in [5, 5.41) is 5.89. The Labute approximate surface area is 185 Å². The van der Waals surface area contributed by atoms with Crippen LogP contribution in [0.3, 0.4) is 0 Å². The molecule has 1 aromatic rings. The second-order valence-electron chi connectivity index (χ2n) is 8.62. The minimum absolute atomic E-state index is 0.0167. The van der Waals surface area contributed by atoms with E-state index in [1.54, 1.807) is 0 Å². The van der Waals surface area contributed by atoms with E-state index in [0.717, 1.165) is 49.4 Å². The van der Waals surface area contributed by atoms with Crippen LogP contribution in [0.25, 0.3) is 0 Å². The zero-order valence-corrected chi connectivity index (χ0v) is 19.5. The molecule has 8 nitrogen and oxygen atoms in total. The fourth-order valence-corrected chi connectivity index (χ4v) is 3.98. The molecular weight excluding hydrogens is 396 g/mol. The maximum Gasteiger partial charge on any atom is 0.328 e. The molecule has 2 amide bonds. The molecule has 0 spiro atoms. The summed E-state index contributed by atoms with van der Waals surface area (Å²) in [6, 6.07) is 5.37. The van der Waals surface area contributed by atoms with E-state index in [0.29, 0.717) is 13.1 Å². The number of hydrogen-bond donors (Lipinski definition) is 4. The van der Waals surface area contributed by atoms with Crippen molar-refractivity contribution in [2.45, 2.75) is 40.2 Å². The van der Waals surface area contributed by atoms with Crippen LogP contribution in [-0.4, -0.2) is 70.2 Å². The van der Waals surface area contributed by atoms with E-state index in [2.05, 4.69) is 10.6 Å². The van der Waals surface area contributed by atoms with Crippen LogP contribution in [0, 0.1) is 19.8 Å². The van der Waals surface area contributed by atoms with Gasteiger partial charge in [-0.05, 0) is 30.9 Å². The lowest BCUT2D eigenvalue weighted by molar-refractivity contribution is -1.00. The van der Waals surface area contributed by atoms with E-state index < -0.39 is 12.0 Å². The molecule has 2 rings (SSSR count). The summed E-state index contributed by atoms with van der Waals surface area (Å²) >= 11 is 0. The first-order valence-electron chi connectivity index (χ1n) is 11.2. The molecule has 1 saturated heterocycles. The van der Waals surface area contributed by atoms with Crippen LogP contribution in [0.5, 0.6) is 0 Å². The van der Waals surface area contributed by atoms with Crippen molar-refractivity contribution >= 4 is 23.5 Å². The number of anilines is 1. The number of aryl methyl sites for hydroxylation is 2. The minimum Gasteiger partial charge on any atom is -0.467 e. The predicted octanol–water partition coefficient (Wildman–Crippen LogP) is -1.27. The molecule has 0 bridgehead atoms. The zero-order chi connectivity index (χ0) is 23.0. The standard InChI is InChI=1S/C23H36N4O4/c1-6-16(2)22(23(30)31-5)25-20(29)15-27-12-10-26(11-13-27)14-19(28)24-21-17(3)8-7-9-18(21)4/h7-9,16,22H,6,10-15H2,1-5H3,(H,24,28)(H,25,29)/p+2/t16-,22+/m0/s1. The van der Waals surface area contributed by atoms with E-state index in [-0.39, 0.29) is 17.7 Å². The average Bonchev–Trinajstić information content (AvgIpc) is 2.75. The van der Waals surface area contributed by atoms with Crippen LogP contribution in [0.2, 0.25) is 0 Å². The van der Waals surface area contributed by atoms with Gasteiger partial charge in [-0.25, -0.2) is 4.79 Å². The highest BCUT2D eigenvalue weighted by Crippen LogP contribution is 2.18. The lowest BCUT2D eigenvalue weighted by atomic mass is 9.99. The van der Waals surface area contributed by atoms with Crippen molar-refractivity contribution in [3.05, 3.63) is 29.3 Å². The van der Waals surface area contributed by atoms with Crippen LogP contribution in [0.4, 0.5) is 5.69 Å². The van der Waals surface area contributed by atoms with Crippen LogP contribution >= 0.6 is 0 Å². The molecule has 1 fully saturated rings. The average molecular weight is 435 g/mol. The Bertz CT molecular complexity index is 755. The number of esters is 1. The lowest BCUT2D eigenvalue weighted by Crippen LogP contribution is -3.28. The number of nitrogens with one attached hydrogen (secondary N) is 4. The second kappa shape index (κ2) is 11.8. The van der Waals surface area contributed by atoms with Gasteiger partial charge in [0, 0.05) is 5.69 Å². The predicted molar refractivity (Wildman–Crippen MR) is 119 cm³/mol. The maximum atomic E-state index is 12.5. The van der Waals surface area contributed by atoms with E-state index in [4.69, 9.17) is 4.74 Å². The number of hydrogen-bond acceptors (Lipinski definition) is 4. The summed E-state index contributed by atoms with van der Waals surface area (Å²) in [4.78, 5) is 39.3. The Kier molecular flexibility index (Phi) is 9.45. The molecule has 0 radical (unpaired) electrons. The van der Waals surface area contributed by atoms with Gasteiger partial charge in [0.15, 0.2) is 13.1 Å². The fourth-order valence-electron chi connectivity index (χ4n) is 3.98. The molecule has 0 aliphatic carbocycles. The summed E-state index contributed by atoms with van der Waals surface area (Å²) < 4.78 is 4.83. The van der Waals surface area contributed by atoms with Gasteiger partial charge in [-0.1, -0.05) is 38.5 Å². The second-order valence-corrected chi connectivity index (χ2v) is 8.62. The normalized spacial score (nSPS) is 20.4. The highest BCUT2D eigenvalue weighted by atomic mass is 16.5. The monoisotopic (exact) mass is 434 g/mol. The van der Waals surface area contributed by atoms with Gasteiger partial charge in [0.2, 0.25) is 0 Å². The molecule has 1 aromatic carbocycles. The van der Waals surface area contributed by atoms with Crippen molar-refractivity contribution in [3.8, 4) is 0 Å². The molecule has 172 valence electrons. The third-order valence-corrected chi connectivity index (χ3v) is 6.22. The molecule has 31 heavy (non-hydrogen) atoms. The minimum atomic E-state index is -0.609. The number of piperazine rings is 1. The molecule has 0 unspecified atom stereocenters. The molecule has 1 heterocycles. The summed E-state index contributed by atoms with van der Waals surface area (Å²) in [7, 11) is 1.34. The van der Waals surface area contributed by atoms with Crippen molar-refractivity contribution in [1.82, 2.24) is 5.32 Å². The Morgan fingerprint density at radius 2 is 1.52 bits per heavy atom. The van der Waals surface area contributed by atoms with E-state index >= 15 is 0 Å². The zero-order valence-electron chi connectivity index (χ0n) is 19.5. The van der Waals surface area contributed by atoms with E-state index in [9.17, 15) is 14.4 Å². The Morgan fingerprint density at radius 1 is 1.00 bits per heavy atom. The van der Waals surface area contributed by atoms with Gasteiger partial charge in [0.25, 0.3) is 11.8 Å². The fraction of sp³-hybridized carbons (Fsp3) is 0.609. The first kappa shape index (κ1) is 24.8. The van der Waals surface area contributed by atoms with Crippen molar-refractivity contribution in [2.24, 2.45) is 5.92 Å². The largest absolute Gasteiger partial charge is 0.467 e. The Hall–Kier alpha value is -2.45. The number of carbonyl (C=O) groups excluding carboxylic acids is 3. The number of carbonyl (C=O) groups is 3. The highest BCUT2D eigenvalue weighted by Gasteiger charge is 2.30. The van der Waals surface area contributed by atoms with Crippen molar-refractivity contribution in [1.29, 1.82) is 0 Å². The van der Waals surface area contributed by atoms with Gasteiger partial charge in [-0.3, -0.25) is 9.59 Å². The Balaban J connectivity index is 1.78. The molecule has 1 aliphatic heterocycles. The van der Waals surface area contributed by atoms with Crippen LogP contribution in [0.1, 0.15) is 31.4 Å². The summed E-state index contributed by atoms with van der Waals surface area (Å²) in [5.41, 5.74) is 3.02. The van der Waals surface area contributed by atoms with Gasteiger partial charge in [0.05, 0.1) is 7.11 Å². The van der Waals surface area contributed by atoms with Gasteiger partial charge in [-0.2, -0.15) is 0 Å². The summed E-state index contributed by atoms with van der Waals surface area (Å²) in [5.74, 6) is -0.505. The van der Waals surface area contributed by atoms with E-state index in [1.807, 2.05) is 45.9 Å². The Morgan fingerprint density at radius 3 is 2.00 bits per heavy atom. The van der Waals surface area contributed by atoms with Crippen LogP contribution < -0.4 is 20.4 Å². The quantitative estimate of drug-likeness (QED) is 0.365. The molecule has 2 atom stereocenters. The number of methoxy groups -OCH3 is 1. The van der Waals surface area contributed by atoms with Crippen LogP contribution in [0.15, 0.2) is 18.2 Å². The topological polar surface area (TPSA) is 93.4 Å². The van der Waals surface area contributed by atoms with Crippen LogP contribution in [-0.2, 0) is 19.1 Å². The van der Waals surface area contributed by atoms with Gasteiger partial charge < -0.3 is 25.2 Å². The summed E-state index contributed by atoms with van der Waals surface area (Å²) in [6.45, 7) is 11.9. The number of rotatable bonds is 9. The van der Waals surface area contributed by atoms with Gasteiger partial charge in [0.1, 0.15) is 32.2 Å². The number of para-hydroxylation sites is 1. The van der Waals surface area contributed by atoms with Crippen molar-refractivity contribution in [3.63, 3.8) is 0 Å². The molecule has 0 aromatic heterocycles. The highest BCUT2D eigenvalue weighted by molar-refractivity contribution is 5.93. The van der Waals surface area contributed by atoms with Gasteiger partial charge >= 0.3 is 5.97 Å². The van der Waals surface area contributed by atoms with Gasteiger partial charge in [-0.15, -0.1) is 0 Å². The number of benzene rings is 1. The molecular formula is C23H38N4O4+2. The third-order valence-electron chi connectivity index (χ3n) is 6.22. The van der Waals surface area contributed by atoms with Crippen molar-refractivity contribution in [2.75, 3.05) is 51.7 Å². The molecule has 4 N–H and O–H groups in total. The number of amides is 2.